The van der Waals surface area contributed by atoms with E-state index in [1.54, 1.807) is 47.4 Å². The summed E-state index contributed by atoms with van der Waals surface area (Å²) in [5, 5.41) is 2.00. The highest BCUT2D eigenvalue weighted by atomic mass is 32.1. The van der Waals surface area contributed by atoms with Crippen molar-refractivity contribution < 1.29 is 14.0 Å². The van der Waals surface area contributed by atoms with Crippen molar-refractivity contribution in [2.24, 2.45) is 0 Å². The van der Waals surface area contributed by atoms with Gasteiger partial charge in [0, 0.05) is 32.1 Å². The van der Waals surface area contributed by atoms with Crippen LogP contribution in [0.5, 0.6) is 0 Å². The summed E-state index contributed by atoms with van der Waals surface area (Å²) in [5.74, 6) is -0.429. The molecule has 0 aliphatic heterocycles. The van der Waals surface area contributed by atoms with Crippen LogP contribution in [-0.4, -0.2) is 53.8 Å². The monoisotopic (exact) mass is 405 g/mol. The lowest BCUT2D eigenvalue weighted by atomic mass is 10.2. The van der Waals surface area contributed by atoms with Crippen LogP contribution in [0.25, 0.3) is 0 Å². The predicted octanol–water partition coefficient (Wildman–Crippen LogP) is 4.12. The normalized spacial score (nSPS) is 10.6. The Morgan fingerprint density at radius 1 is 1.04 bits per heavy atom. The second kappa shape index (κ2) is 10.2. The van der Waals surface area contributed by atoms with Gasteiger partial charge in [-0.05, 0) is 48.1 Å². The first-order valence-electron chi connectivity index (χ1n) is 9.33. The molecule has 0 aliphatic carbocycles. The number of amides is 3. The number of hydrogen-bond donors (Lipinski definition) is 0. The van der Waals surface area contributed by atoms with Crippen LogP contribution in [-0.2, 0) is 17.9 Å². The summed E-state index contributed by atoms with van der Waals surface area (Å²) >= 11 is 1.61. The van der Waals surface area contributed by atoms with Gasteiger partial charge in [0.05, 0.1) is 6.54 Å². The number of rotatable bonds is 8. The van der Waals surface area contributed by atoms with Crippen LogP contribution in [0.2, 0.25) is 0 Å². The fraction of sp³-hybridized carbons (Fsp3) is 0.429. The molecule has 2 aromatic rings. The van der Waals surface area contributed by atoms with Gasteiger partial charge in [0.15, 0.2) is 0 Å². The van der Waals surface area contributed by atoms with Crippen molar-refractivity contribution >= 4 is 23.3 Å². The van der Waals surface area contributed by atoms with Gasteiger partial charge in [-0.3, -0.25) is 4.79 Å². The van der Waals surface area contributed by atoms with Crippen LogP contribution < -0.4 is 0 Å². The molecule has 1 aromatic carbocycles. The van der Waals surface area contributed by atoms with Gasteiger partial charge in [0.1, 0.15) is 12.4 Å². The van der Waals surface area contributed by atoms with Gasteiger partial charge in [-0.2, -0.15) is 0 Å². The van der Waals surface area contributed by atoms with Crippen LogP contribution in [0.3, 0.4) is 0 Å². The largest absolute Gasteiger partial charge is 0.332 e. The van der Waals surface area contributed by atoms with Gasteiger partial charge in [-0.15, -0.1) is 11.3 Å². The number of halogens is 1. The molecule has 28 heavy (non-hydrogen) atoms. The maximum absolute atomic E-state index is 13.2. The Bertz CT molecular complexity index is 789. The third-order valence-electron chi connectivity index (χ3n) is 4.41. The van der Waals surface area contributed by atoms with E-state index in [1.165, 1.54) is 17.0 Å². The van der Waals surface area contributed by atoms with Gasteiger partial charge in [-0.1, -0.05) is 19.1 Å². The van der Waals surface area contributed by atoms with Crippen LogP contribution >= 0.6 is 11.3 Å². The van der Waals surface area contributed by atoms with E-state index in [-0.39, 0.29) is 24.3 Å². The molecule has 0 atom stereocenters. The van der Waals surface area contributed by atoms with Crippen molar-refractivity contribution in [3.63, 3.8) is 0 Å². The Morgan fingerprint density at radius 3 is 2.25 bits per heavy atom. The van der Waals surface area contributed by atoms with E-state index in [9.17, 15) is 14.0 Å². The van der Waals surface area contributed by atoms with Gasteiger partial charge < -0.3 is 14.7 Å². The molecule has 5 nitrogen and oxygen atoms in total. The highest BCUT2D eigenvalue weighted by molar-refractivity contribution is 7.10. The summed E-state index contributed by atoms with van der Waals surface area (Å²) in [6.45, 7) is 5.38. The molecule has 0 bridgehead atoms. The zero-order chi connectivity index (χ0) is 20.7. The third kappa shape index (κ3) is 6.05. The van der Waals surface area contributed by atoms with E-state index in [2.05, 4.69) is 0 Å². The molecule has 0 saturated heterocycles. The van der Waals surface area contributed by atoms with Gasteiger partial charge in [-0.25, -0.2) is 9.18 Å². The first-order chi connectivity index (χ1) is 13.3. The van der Waals surface area contributed by atoms with E-state index in [0.717, 1.165) is 22.4 Å². The number of carbonyl (C=O) groups excluding carboxylic acids is 2. The van der Waals surface area contributed by atoms with Crippen molar-refractivity contribution in [3.05, 3.63) is 57.5 Å². The number of benzene rings is 1. The lowest BCUT2D eigenvalue weighted by molar-refractivity contribution is -0.133. The van der Waals surface area contributed by atoms with Crippen molar-refractivity contribution in [2.75, 3.05) is 27.2 Å². The standard InChI is InChI=1S/C21H28FN3O2S/c1-5-11-24(21(27)23(3)4)15-20(26)25(14-19-16(2)10-12-28-19)13-17-6-8-18(22)9-7-17/h6-10,12H,5,11,13-15H2,1-4H3. The predicted molar refractivity (Wildman–Crippen MR) is 111 cm³/mol. The molecule has 0 spiro atoms. The molecule has 3 amide bonds. The number of nitrogens with zero attached hydrogens (tertiary/aromatic N) is 3. The van der Waals surface area contributed by atoms with Crippen molar-refractivity contribution in [1.29, 1.82) is 0 Å². The first-order valence-corrected chi connectivity index (χ1v) is 10.2. The molecule has 0 N–H and O–H groups in total. The first kappa shape index (κ1) is 21.9. The molecule has 0 unspecified atom stereocenters. The molecule has 0 saturated carbocycles. The van der Waals surface area contributed by atoms with Crippen molar-refractivity contribution in [2.45, 2.75) is 33.4 Å². The smallest absolute Gasteiger partial charge is 0.319 e. The average Bonchev–Trinajstić information content (AvgIpc) is 3.06. The number of thiophene rings is 1. The number of hydrogen-bond acceptors (Lipinski definition) is 3. The van der Waals surface area contributed by atoms with Crippen LogP contribution in [0.15, 0.2) is 35.7 Å². The second-order valence-electron chi connectivity index (χ2n) is 7.00. The van der Waals surface area contributed by atoms with E-state index < -0.39 is 0 Å². The molecular weight excluding hydrogens is 377 g/mol. The zero-order valence-electron chi connectivity index (χ0n) is 16.9. The van der Waals surface area contributed by atoms with E-state index in [4.69, 9.17) is 0 Å². The van der Waals surface area contributed by atoms with E-state index in [0.29, 0.717) is 19.6 Å². The minimum atomic E-state index is -0.304. The zero-order valence-corrected chi connectivity index (χ0v) is 17.8. The van der Waals surface area contributed by atoms with E-state index in [1.807, 2.05) is 25.3 Å². The van der Waals surface area contributed by atoms with Gasteiger partial charge in [0.2, 0.25) is 5.91 Å². The summed E-state index contributed by atoms with van der Waals surface area (Å²) in [6.07, 6.45) is 0.773. The highest BCUT2D eigenvalue weighted by Crippen LogP contribution is 2.20. The van der Waals surface area contributed by atoms with Crippen LogP contribution in [0.4, 0.5) is 9.18 Å². The third-order valence-corrected chi connectivity index (χ3v) is 5.42. The fourth-order valence-corrected chi connectivity index (χ4v) is 3.76. The van der Waals surface area contributed by atoms with Gasteiger partial charge in [0.25, 0.3) is 0 Å². The molecule has 0 aliphatic rings. The molecule has 7 heteroatoms. The summed E-state index contributed by atoms with van der Waals surface area (Å²) < 4.78 is 13.2. The molecule has 0 radical (unpaired) electrons. The maximum Gasteiger partial charge on any atom is 0.319 e. The SMILES string of the molecule is CCCN(CC(=O)N(Cc1ccc(F)cc1)Cc1sccc1C)C(=O)N(C)C. The topological polar surface area (TPSA) is 43.9 Å². The maximum atomic E-state index is 13.2. The molecule has 0 fully saturated rings. The lowest BCUT2D eigenvalue weighted by Gasteiger charge is -2.29. The Hall–Kier alpha value is -2.41. The summed E-state index contributed by atoms with van der Waals surface area (Å²) in [5.41, 5.74) is 1.99. The lowest BCUT2D eigenvalue weighted by Crippen LogP contribution is -2.46. The summed E-state index contributed by atoms with van der Waals surface area (Å²) in [6, 6.07) is 8.02. The summed E-state index contributed by atoms with van der Waals surface area (Å²) in [7, 11) is 3.36. The number of aryl methyl sites for hydroxylation is 1. The van der Waals surface area contributed by atoms with Crippen molar-refractivity contribution in [3.8, 4) is 0 Å². The molecule has 2 rings (SSSR count). The molecule has 1 aromatic heterocycles. The quantitative estimate of drug-likeness (QED) is 0.663. The average molecular weight is 406 g/mol. The number of carbonyl (C=O) groups is 2. The minimum absolute atomic E-state index is 0.0243. The molecule has 152 valence electrons. The summed E-state index contributed by atoms with van der Waals surface area (Å²) in [4.78, 5) is 31.4. The Balaban J connectivity index is 2.20. The van der Waals surface area contributed by atoms with Crippen molar-refractivity contribution in [1.82, 2.24) is 14.7 Å². The van der Waals surface area contributed by atoms with Crippen LogP contribution in [0.1, 0.15) is 29.3 Å². The number of urea groups is 1. The van der Waals surface area contributed by atoms with Gasteiger partial charge >= 0.3 is 6.03 Å². The Morgan fingerprint density at radius 2 is 1.71 bits per heavy atom. The second-order valence-corrected chi connectivity index (χ2v) is 8.00. The molecular formula is C21H28FN3O2S. The Labute approximate surface area is 170 Å². The fourth-order valence-electron chi connectivity index (χ4n) is 2.84. The minimum Gasteiger partial charge on any atom is -0.332 e. The van der Waals surface area contributed by atoms with Crippen LogP contribution in [0, 0.1) is 12.7 Å². The highest BCUT2D eigenvalue weighted by Gasteiger charge is 2.23. The van der Waals surface area contributed by atoms with E-state index >= 15 is 0 Å². The Kier molecular flexibility index (Phi) is 7.99. The molecule has 1 heterocycles.